The van der Waals surface area contributed by atoms with Gasteiger partial charge in [0, 0.05) is 40.8 Å². The number of sulfone groups is 1. The third kappa shape index (κ3) is 5.51. The van der Waals surface area contributed by atoms with Gasteiger partial charge in [-0.15, -0.1) is 0 Å². The highest BCUT2D eigenvalue weighted by atomic mass is 79.9. The lowest BCUT2D eigenvalue weighted by Gasteiger charge is -2.33. The number of rotatable bonds is 9. The van der Waals surface area contributed by atoms with Crippen LogP contribution in [0, 0.1) is 0 Å². The van der Waals surface area contributed by atoms with Crippen molar-refractivity contribution in [2.24, 2.45) is 0 Å². The molecule has 1 heterocycles. The molecule has 0 aliphatic heterocycles. The van der Waals surface area contributed by atoms with Gasteiger partial charge in [-0.2, -0.15) is 0 Å². The smallest absolute Gasteiger partial charge is 0.195 e. The van der Waals surface area contributed by atoms with Crippen molar-refractivity contribution < 1.29 is 18.3 Å². The molecule has 156 valence electrons. The third-order valence-corrected chi connectivity index (χ3v) is 7.29. The summed E-state index contributed by atoms with van der Waals surface area (Å²) in [5.41, 5.74) is -0.395. The Morgan fingerprint density at radius 1 is 1.29 bits per heavy atom. The van der Waals surface area contributed by atoms with Crippen LogP contribution in [0.4, 0.5) is 0 Å². The second-order valence-corrected chi connectivity index (χ2v) is 10.6. The van der Waals surface area contributed by atoms with Crippen molar-refractivity contribution in [1.82, 2.24) is 9.88 Å². The quantitative estimate of drug-likeness (QED) is 0.556. The second-order valence-electron chi connectivity index (χ2n) is 7.66. The number of nitrogens with zero attached hydrogens (tertiary/aromatic N) is 2. The van der Waals surface area contributed by atoms with Gasteiger partial charge >= 0.3 is 0 Å². The van der Waals surface area contributed by atoms with E-state index in [1.807, 2.05) is 33.8 Å². The molecule has 1 aromatic heterocycles. The molecule has 28 heavy (non-hydrogen) atoms. The lowest BCUT2D eigenvalue weighted by atomic mass is 10.2. The van der Waals surface area contributed by atoms with E-state index in [1.165, 1.54) is 0 Å². The van der Waals surface area contributed by atoms with E-state index >= 15 is 0 Å². The zero-order valence-corrected chi connectivity index (χ0v) is 19.3. The number of hydrogen-bond donors (Lipinski definition) is 1. The van der Waals surface area contributed by atoms with Gasteiger partial charge in [-0.1, -0.05) is 19.1 Å². The van der Waals surface area contributed by atoms with Crippen LogP contribution in [0.2, 0.25) is 0 Å². The fourth-order valence-corrected chi connectivity index (χ4v) is 5.82. The van der Waals surface area contributed by atoms with Gasteiger partial charge in [-0.25, -0.2) is 8.42 Å². The maximum Gasteiger partial charge on any atom is 0.195 e. The molecule has 1 aromatic carbocycles. The van der Waals surface area contributed by atoms with Crippen molar-refractivity contribution in [2.75, 3.05) is 19.9 Å². The molecule has 0 saturated heterocycles. The molecule has 1 N–H and O–H groups in total. The number of halogens is 1. The maximum atomic E-state index is 13.7. The molecular formula is C20H29BrN2O4S. The fraction of sp³-hybridized carbons (Fsp3) is 0.550. The minimum Gasteiger partial charge on any atom is -0.396 e. The number of benzene rings is 1. The Morgan fingerprint density at radius 2 is 2.00 bits per heavy atom. The van der Waals surface area contributed by atoms with E-state index in [0.717, 1.165) is 5.39 Å². The molecule has 0 fully saturated rings. The van der Waals surface area contributed by atoms with Crippen LogP contribution in [0.1, 0.15) is 40.5 Å². The average Bonchev–Trinajstić information content (AvgIpc) is 2.63. The molecule has 1 atom stereocenters. The molecule has 0 aliphatic rings. The molecule has 2 rings (SSSR count). The predicted molar refractivity (Wildman–Crippen MR) is 115 cm³/mol. The molecule has 2 aromatic rings. The number of aromatic nitrogens is 1. The minimum absolute atomic E-state index is 0.00597. The van der Waals surface area contributed by atoms with Crippen LogP contribution in [0.25, 0.3) is 10.8 Å². The minimum atomic E-state index is -3.69. The molecular weight excluding hydrogens is 444 g/mol. The Morgan fingerprint density at radius 3 is 2.61 bits per heavy atom. The van der Waals surface area contributed by atoms with Crippen molar-refractivity contribution in [3.8, 4) is 0 Å². The zero-order chi connectivity index (χ0) is 20.9. The monoisotopic (exact) mass is 472 g/mol. The molecule has 0 amide bonds. The van der Waals surface area contributed by atoms with Crippen molar-refractivity contribution >= 4 is 36.5 Å². The molecule has 6 nitrogen and oxygen atoms in total. The summed E-state index contributed by atoms with van der Waals surface area (Å²) in [7, 11) is -3.69. The van der Waals surface area contributed by atoms with Gasteiger partial charge in [0.25, 0.3) is 0 Å². The Hall–Kier alpha value is -1.06. The number of aliphatic hydroxyl groups excluding tert-OH is 1. The number of aliphatic hydroxyl groups is 1. The van der Waals surface area contributed by atoms with E-state index in [1.54, 1.807) is 29.4 Å². The Balaban J connectivity index is 2.50. The van der Waals surface area contributed by atoms with E-state index < -0.39 is 20.8 Å². The van der Waals surface area contributed by atoms with Crippen LogP contribution in [-0.4, -0.2) is 54.3 Å². The second kappa shape index (κ2) is 9.63. The predicted octanol–water partition coefficient (Wildman–Crippen LogP) is 3.96. The SMILES string of the molecule is CC[C@@H](N(CCCO)COC(C)(C)C)S(=O)(=O)c1cccc2cncc(Br)c12. The Kier molecular flexibility index (Phi) is 7.98. The molecule has 0 saturated carbocycles. The molecule has 0 spiro atoms. The standard InChI is InChI=1S/C20H29BrN2O4S/c1-5-18(23(10-7-11-24)14-27-20(2,3)4)28(25,26)17-9-6-8-15-12-22-13-16(21)19(15)17/h6,8-9,12-13,18,24H,5,7,10-11,14H2,1-4H3/t18-/m0/s1. The van der Waals surface area contributed by atoms with Crippen LogP contribution in [-0.2, 0) is 14.6 Å². The first-order chi connectivity index (χ1) is 13.1. The number of ether oxygens (including phenoxy) is 1. The third-order valence-electron chi connectivity index (χ3n) is 4.39. The molecule has 0 unspecified atom stereocenters. The summed E-state index contributed by atoms with van der Waals surface area (Å²) in [4.78, 5) is 6.20. The van der Waals surface area contributed by atoms with Gasteiger partial charge in [0.15, 0.2) is 9.84 Å². The highest BCUT2D eigenvalue weighted by Crippen LogP contribution is 2.33. The largest absolute Gasteiger partial charge is 0.396 e. The van der Waals surface area contributed by atoms with Crippen LogP contribution in [0.5, 0.6) is 0 Å². The molecule has 0 aliphatic carbocycles. The summed E-state index contributed by atoms with van der Waals surface area (Å²) < 4.78 is 33.8. The normalized spacial score (nSPS) is 14.0. The summed E-state index contributed by atoms with van der Waals surface area (Å²) in [6.07, 6.45) is 4.14. The lowest BCUT2D eigenvalue weighted by Crippen LogP contribution is -2.44. The average molecular weight is 473 g/mol. The number of hydrogen-bond acceptors (Lipinski definition) is 6. The summed E-state index contributed by atoms with van der Waals surface area (Å²) >= 11 is 3.45. The van der Waals surface area contributed by atoms with Crippen molar-refractivity contribution in [3.63, 3.8) is 0 Å². The topological polar surface area (TPSA) is 79.7 Å². The van der Waals surface area contributed by atoms with E-state index in [4.69, 9.17) is 4.74 Å². The van der Waals surface area contributed by atoms with Crippen LogP contribution >= 0.6 is 15.9 Å². The lowest BCUT2D eigenvalue weighted by molar-refractivity contribution is -0.0688. The van der Waals surface area contributed by atoms with Gasteiger partial charge in [0.05, 0.1) is 10.5 Å². The summed E-state index contributed by atoms with van der Waals surface area (Å²) in [5, 5.41) is 9.90. The fourth-order valence-electron chi connectivity index (χ4n) is 3.06. The molecule has 0 bridgehead atoms. The number of pyridine rings is 1. The van der Waals surface area contributed by atoms with Gasteiger partial charge in [-0.3, -0.25) is 9.88 Å². The summed E-state index contributed by atoms with van der Waals surface area (Å²) in [5.74, 6) is 0. The van der Waals surface area contributed by atoms with E-state index in [-0.39, 0.29) is 18.2 Å². The summed E-state index contributed by atoms with van der Waals surface area (Å²) in [6.45, 7) is 8.25. The van der Waals surface area contributed by atoms with Crippen molar-refractivity contribution in [2.45, 2.75) is 56.4 Å². The van der Waals surface area contributed by atoms with Gasteiger partial charge in [-0.05, 0) is 55.6 Å². The number of fused-ring (bicyclic) bond motifs is 1. The first-order valence-electron chi connectivity index (χ1n) is 9.36. The van der Waals surface area contributed by atoms with Crippen LogP contribution < -0.4 is 0 Å². The molecule has 0 radical (unpaired) electrons. The van der Waals surface area contributed by atoms with Gasteiger partial charge < -0.3 is 9.84 Å². The van der Waals surface area contributed by atoms with Crippen LogP contribution in [0.15, 0.2) is 40.0 Å². The molecule has 8 heteroatoms. The first kappa shape index (κ1) is 23.2. The van der Waals surface area contributed by atoms with E-state index in [9.17, 15) is 13.5 Å². The highest BCUT2D eigenvalue weighted by molar-refractivity contribution is 9.10. The Labute approximate surface area is 176 Å². The van der Waals surface area contributed by atoms with Crippen molar-refractivity contribution in [3.05, 3.63) is 35.1 Å². The highest BCUT2D eigenvalue weighted by Gasteiger charge is 2.33. The maximum absolute atomic E-state index is 13.7. The Bertz CT molecular complexity index is 891. The summed E-state index contributed by atoms with van der Waals surface area (Å²) in [6, 6.07) is 5.22. The van der Waals surface area contributed by atoms with E-state index in [2.05, 4.69) is 20.9 Å². The van der Waals surface area contributed by atoms with E-state index in [0.29, 0.717) is 29.2 Å². The van der Waals surface area contributed by atoms with Gasteiger partial charge in [0.1, 0.15) is 12.1 Å². The van der Waals surface area contributed by atoms with Crippen molar-refractivity contribution in [1.29, 1.82) is 0 Å². The van der Waals surface area contributed by atoms with Crippen LogP contribution in [0.3, 0.4) is 0 Å². The van der Waals surface area contributed by atoms with Gasteiger partial charge in [0.2, 0.25) is 0 Å². The first-order valence-corrected chi connectivity index (χ1v) is 11.7. The zero-order valence-electron chi connectivity index (χ0n) is 16.9.